The van der Waals surface area contributed by atoms with Crippen LogP contribution in [0.1, 0.15) is 1.37 Å². The summed E-state index contributed by atoms with van der Waals surface area (Å²) >= 11 is 0. The van der Waals surface area contributed by atoms with Crippen molar-refractivity contribution in [2.24, 2.45) is 0 Å². The molecule has 4 heteroatoms. The maximum absolute atomic E-state index is 9.32. The fourth-order valence-corrected chi connectivity index (χ4v) is 0.0356. The lowest BCUT2D eigenvalue weighted by atomic mass is 11.3. The number of carboxylic acid groups (broad SMARTS) is 1. The number of hydrogen-bond acceptors (Lipinski definition) is 3. The summed E-state index contributed by atoms with van der Waals surface area (Å²) in [6, 6.07) is 0. The van der Waals surface area contributed by atoms with Crippen LogP contribution in [-0.2, 0) is 9.53 Å². The van der Waals surface area contributed by atoms with Crippen LogP contribution in [0, 0.1) is 0 Å². The third-order valence-electron chi connectivity index (χ3n) is 0.129. The number of hydrogen-bond donors (Lipinski definition) is 1. The quantitative estimate of drug-likeness (QED) is 0.255. The van der Waals surface area contributed by atoms with Gasteiger partial charge in [0.05, 0.1) is 0 Å². The van der Waals surface area contributed by atoms with Gasteiger partial charge in [-0.3, -0.25) is 4.79 Å². The normalized spacial score (nSPS) is 9.00. The maximum atomic E-state index is 9.32. The first-order valence-electron chi connectivity index (χ1n) is 1.54. The first kappa shape index (κ1) is 3.14. The van der Waals surface area contributed by atoms with E-state index in [9.17, 15) is 9.59 Å². The fourth-order valence-electron chi connectivity index (χ4n) is 0.0356. The molecule has 0 aromatic carbocycles. The third-order valence-corrected chi connectivity index (χ3v) is 0.129. The SMILES string of the molecule is [2H]C(=O)OC(=O)O. The molecule has 0 atom stereocenters. The summed E-state index contributed by atoms with van der Waals surface area (Å²) in [6.45, 7) is 0. The summed E-state index contributed by atoms with van der Waals surface area (Å²) in [5.41, 5.74) is 0. The zero-order valence-corrected chi connectivity index (χ0v) is 2.67. The minimum absolute atomic E-state index is 1.56. The predicted octanol–water partition coefficient (Wildman–Crippen LogP) is -0.163. The van der Waals surface area contributed by atoms with Gasteiger partial charge in [-0.15, -0.1) is 0 Å². The van der Waals surface area contributed by atoms with Gasteiger partial charge in [0.1, 0.15) is 0 Å². The number of ether oxygens (including phenoxy) is 1. The third kappa shape index (κ3) is 2.94. The van der Waals surface area contributed by atoms with E-state index >= 15 is 0 Å². The molecule has 1 N–H and O–H groups in total. The summed E-state index contributed by atoms with van der Waals surface area (Å²) < 4.78 is 9.06. The molecular formula is C2H2O4. The molecular weight excluding hydrogens is 88.0 g/mol. The highest BCUT2D eigenvalue weighted by molar-refractivity contribution is 5.66. The molecule has 34 valence electrons. The molecule has 0 rings (SSSR count). The first-order chi connectivity index (χ1) is 3.13. The minimum Gasteiger partial charge on any atom is -0.449 e. The van der Waals surface area contributed by atoms with Crippen LogP contribution in [0.25, 0.3) is 0 Å². The molecule has 0 saturated carbocycles. The van der Waals surface area contributed by atoms with Crippen molar-refractivity contribution < 1.29 is 20.8 Å². The van der Waals surface area contributed by atoms with Crippen LogP contribution in [0.2, 0.25) is 0 Å². The summed E-state index contributed by atoms with van der Waals surface area (Å²) in [5.74, 6) is 0. The number of carbonyl (C=O) groups excluding carboxylic acids is 1. The molecule has 0 heterocycles. The molecule has 0 aliphatic rings. The van der Waals surface area contributed by atoms with Gasteiger partial charge in [-0.05, 0) is 0 Å². The fraction of sp³-hybridized carbons (Fsp3) is 0. The average Bonchev–Trinajstić information content (AvgIpc) is 1.27. The van der Waals surface area contributed by atoms with Crippen LogP contribution in [0.3, 0.4) is 0 Å². The van der Waals surface area contributed by atoms with Gasteiger partial charge in [-0.2, -0.15) is 0 Å². The van der Waals surface area contributed by atoms with Gasteiger partial charge in [0.25, 0.3) is 0 Å². The standard InChI is InChI=1S/C2H2O4/c3-1-6-2(4)5/h1H,(H,4,5)/i1D. The molecule has 0 fully saturated rings. The smallest absolute Gasteiger partial charge is 0.449 e. The van der Waals surface area contributed by atoms with Crippen molar-refractivity contribution in [3.63, 3.8) is 0 Å². The monoisotopic (exact) mass is 91.0 g/mol. The minimum atomic E-state index is -1.75. The van der Waals surface area contributed by atoms with Gasteiger partial charge < -0.3 is 9.84 Å². The topological polar surface area (TPSA) is 63.6 Å². The molecule has 0 radical (unpaired) electrons. The van der Waals surface area contributed by atoms with Gasteiger partial charge in [0.15, 0.2) is 1.37 Å². The highest BCUT2D eigenvalue weighted by atomic mass is 16.7. The zero-order valence-electron chi connectivity index (χ0n) is 3.67. The molecule has 0 aromatic heterocycles. The lowest BCUT2D eigenvalue weighted by Crippen LogP contribution is -1.95. The Bertz CT molecular complexity index is 85.9. The van der Waals surface area contributed by atoms with Crippen molar-refractivity contribution in [3.8, 4) is 0 Å². The van der Waals surface area contributed by atoms with Crippen molar-refractivity contribution in [2.45, 2.75) is 0 Å². The van der Waals surface area contributed by atoms with Crippen molar-refractivity contribution >= 4 is 12.6 Å². The second kappa shape index (κ2) is 2.19. The van der Waals surface area contributed by atoms with E-state index in [-0.39, 0.29) is 0 Å². The Labute approximate surface area is 34.7 Å². The summed E-state index contributed by atoms with van der Waals surface area (Å²) in [7, 11) is 0. The van der Waals surface area contributed by atoms with Crippen LogP contribution in [0.5, 0.6) is 0 Å². The Kier molecular flexibility index (Phi) is 1.15. The van der Waals surface area contributed by atoms with E-state index in [1.807, 2.05) is 0 Å². The van der Waals surface area contributed by atoms with E-state index in [1.165, 1.54) is 0 Å². The lowest BCUT2D eigenvalue weighted by molar-refractivity contribution is -0.124. The molecule has 0 amide bonds. The molecule has 0 aliphatic heterocycles. The molecule has 0 unspecified atom stereocenters. The average molecular weight is 91.0 g/mol. The molecule has 0 aliphatic carbocycles. The maximum Gasteiger partial charge on any atom is 0.513 e. The first-order valence-corrected chi connectivity index (χ1v) is 1.04. The molecule has 0 spiro atoms. The van der Waals surface area contributed by atoms with Gasteiger partial charge in [0, 0.05) is 0 Å². The Morgan fingerprint density at radius 3 is 2.67 bits per heavy atom. The summed E-state index contributed by atoms with van der Waals surface area (Å²) in [5, 5.41) is 7.52. The van der Waals surface area contributed by atoms with Crippen LogP contribution in [0.15, 0.2) is 0 Å². The van der Waals surface area contributed by atoms with Crippen LogP contribution in [-0.4, -0.2) is 17.7 Å². The van der Waals surface area contributed by atoms with Gasteiger partial charge >= 0.3 is 12.6 Å². The molecule has 6 heavy (non-hydrogen) atoms. The highest BCUT2D eigenvalue weighted by Crippen LogP contribution is 1.62. The number of rotatable bonds is 0. The summed E-state index contributed by atoms with van der Waals surface area (Å²) in [4.78, 5) is 18.6. The zero-order chi connectivity index (χ0) is 5.86. The van der Waals surface area contributed by atoms with E-state index in [0.29, 0.717) is 0 Å². The summed E-state index contributed by atoms with van der Waals surface area (Å²) in [6.07, 6.45) is -3.31. The second-order valence-electron chi connectivity index (χ2n) is 0.451. The second-order valence-corrected chi connectivity index (χ2v) is 0.451. The van der Waals surface area contributed by atoms with E-state index in [4.69, 9.17) is 6.48 Å². The molecule has 0 aromatic rings. The highest BCUT2D eigenvalue weighted by Gasteiger charge is 1.87. The predicted molar refractivity (Wildman–Crippen MR) is 15.2 cm³/mol. The molecule has 4 nitrogen and oxygen atoms in total. The van der Waals surface area contributed by atoms with E-state index in [0.717, 1.165) is 0 Å². The van der Waals surface area contributed by atoms with Crippen molar-refractivity contribution in [3.05, 3.63) is 0 Å². The van der Waals surface area contributed by atoms with Gasteiger partial charge in [0.2, 0.25) is 0 Å². The molecule has 0 saturated heterocycles. The Hall–Kier alpha value is -1.06. The Morgan fingerprint density at radius 2 is 2.67 bits per heavy atom. The van der Waals surface area contributed by atoms with E-state index in [1.54, 1.807) is 0 Å². The van der Waals surface area contributed by atoms with Gasteiger partial charge in [-0.1, -0.05) is 0 Å². The van der Waals surface area contributed by atoms with Crippen molar-refractivity contribution in [1.82, 2.24) is 0 Å². The van der Waals surface area contributed by atoms with Crippen LogP contribution >= 0.6 is 0 Å². The molecule has 0 bridgehead atoms. The van der Waals surface area contributed by atoms with E-state index < -0.39 is 12.6 Å². The largest absolute Gasteiger partial charge is 0.513 e. The lowest BCUT2D eigenvalue weighted by Gasteiger charge is -1.77. The van der Waals surface area contributed by atoms with Gasteiger partial charge in [-0.25, -0.2) is 4.79 Å². The Morgan fingerprint density at radius 1 is 2.17 bits per heavy atom. The van der Waals surface area contributed by atoms with E-state index in [2.05, 4.69) is 4.74 Å². The Balaban J connectivity index is 3.32. The van der Waals surface area contributed by atoms with Crippen LogP contribution < -0.4 is 0 Å². The van der Waals surface area contributed by atoms with Crippen LogP contribution in [0.4, 0.5) is 4.79 Å². The number of carbonyl (C=O) groups is 2. The van der Waals surface area contributed by atoms with Crippen molar-refractivity contribution in [1.29, 1.82) is 0 Å². The van der Waals surface area contributed by atoms with Crippen molar-refractivity contribution in [2.75, 3.05) is 0 Å².